The minimum atomic E-state index is -0.335. The Labute approximate surface area is 173 Å². The van der Waals surface area contributed by atoms with Crippen molar-refractivity contribution in [1.29, 1.82) is 0 Å². The summed E-state index contributed by atoms with van der Waals surface area (Å²) in [6.45, 7) is 4.85. The summed E-state index contributed by atoms with van der Waals surface area (Å²) in [4.78, 5) is 24.7. The second-order valence-corrected chi connectivity index (χ2v) is 7.15. The maximum atomic E-state index is 12.4. The summed E-state index contributed by atoms with van der Waals surface area (Å²) in [6, 6.07) is 10.6. The Morgan fingerprint density at radius 3 is 2.46 bits per heavy atom. The van der Waals surface area contributed by atoms with E-state index in [2.05, 4.69) is 26.6 Å². The van der Waals surface area contributed by atoms with Gasteiger partial charge in [0.1, 0.15) is 5.75 Å². The summed E-state index contributed by atoms with van der Waals surface area (Å²) >= 11 is 3.51. The molecule has 0 aliphatic heterocycles. The van der Waals surface area contributed by atoms with Gasteiger partial charge in [0.2, 0.25) is 0 Å². The molecule has 0 unspecified atom stereocenters. The van der Waals surface area contributed by atoms with Gasteiger partial charge in [0.15, 0.2) is 6.61 Å². The molecule has 0 spiro atoms. The highest BCUT2D eigenvalue weighted by Crippen LogP contribution is 2.26. The molecule has 0 fully saturated rings. The second-order valence-electron chi connectivity index (χ2n) is 6.36. The van der Waals surface area contributed by atoms with Gasteiger partial charge in [-0.2, -0.15) is 0 Å². The van der Waals surface area contributed by atoms with Crippen molar-refractivity contribution in [3.63, 3.8) is 0 Å². The largest absolute Gasteiger partial charge is 0.484 e. The number of methoxy groups -OCH3 is 1. The van der Waals surface area contributed by atoms with E-state index >= 15 is 0 Å². The molecule has 2 aromatic carbocycles. The number of benzene rings is 2. The lowest BCUT2D eigenvalue weighted by Gasteiger charge is -2.13. The molecular formula is C21H25BrN2O4. The van der Waals surface area contributed by atoms with Gasteiger partial charge in [-0.05, 0) is 55.7 Å². The van der Waals surface area contributed by atoms with Gasteiger partial charge in [-0.3, -0.25) is 9.59 Å². The highest BCUT2D eigenvalue weighted by Gasteiger charge is 2.13. The second kappa shape index (κ2) is 10.8. The van der Waals surface area contributed by atoms with E-state index in [4.69, 9.17) is 9.47 Å². The number of para-hydroxylation sites is 1. The van der Waals surface area contributed by atoms with Crippen molar-refractivity contribution in [2.24, 2.45) is 0 Å². The molecule has 0 aliphatic rings. The minimum Gasteiger partial charge on any atom is -0.484 e. The lowest BCUT2D eigenvalue weighted by atomic mass is 10.1. The van der Waals surface area contributed by atoms with Crippen LogP contribution in [0, 0.1) is 13.8 Å². The van der Waals surface area contributed by atoms with Crippen LogP contribution in [0.1, 0.15) is 27.9 Å². The Morgan fingerprint density at radius 2 is 1.79 bits per heavy atom. The van der Waals surface area contributed by atoms with Crippen molar-refractivity contribution in [3.05, 3.63) is 57.6 Å². The van der Waals surface area contributed by atoms with E-state index in [1.54, 1.807) is 31.4 Å². The average molecular weight is 449 g/mol. The van der Waals surface area contributed by atoms with Crippen LogP contribution in [0.15, 0.2) is 40.9 Å². The summed E-state index contributed by atoms with van der Waals surface area (Å²) < 4.78 is 11.6. The number of anilines is 1. The van der Waals surface area contributed by atoms with E-state index < -0.39 is 0 Å². The maximum Gasteiger partial charge on any atom is 0.262 e. The van der Waals surface area contributed by atoms with Crippen molar-refractivity contribution in [1.82, 2.24) is 5.32 Å². The number of halogens is 1. The van der Waals surface area contributed by atoms with Crippen molar-refractivity contribution in [2.75, 3.05) is 32.2 Å². The van der Waals surface area contributed by atoms with Gasteiger partial charge >= 0.3 is 0 Å². The third-order valence-electron chi connectivity index (χ3n) is 4.04. The van der Waals surface area contributed by atoms with Gasteiger partial charge < -0.3 is 20.1 Å². The Hall–Kier alpha value is -2.38. The molecule has 2 rings (SSSR count). The molecule has 2 aromatic rings. The van der Waals surface area contributed by atoms with Crippen LogP contribution in [-0.4, -0.2) is 38.7 Å². The fraction of sp³-hybridized carbons (Fsp3) is 0.333. The summed E-state index contributed by atoms with van der Waals surface area (Å²) in [6.07, 6.45) is 0.719. The zero-order valence-electron chi connectivity index (χ0n) is 16.3. The summed E-state index contributed by atoms with van der Waals surface area (Å²) in [5, 5.41) is 5.56. The monoisotopic (exact) mass is 448 g/mol. The van der Waals surface area contributed by atoms with Gasteiger partial charge in [-0.15, -0.1) is 0 Å². The van der Waals surface area contributed by atoms with E-state index in [0.29, 0.717) is 30.2 Å². The molecule has 0 saturated carbocycles. The third kappa shape index (κ3) is 6.35. The predicted octanol–water partition coefficient (Wildman–Crippen LogP) is 3.85. The first kappa shape index (κ1) is 21.9. The first-order valence-corrected chi connectivity index (χ1v) is 9.77. The fourth-order valence-corrected chi connectivity index (χ4v) is 2.86. The van der Waals surface area contributed by atoms with Crippen LogP contribution in [-0.2, 0) is 9.53 Å². The first-order chi connectivity index (χ1) is 13.4. The molecule has 0 heterocycles. The molecule has 0 bridgehead atoms. The van der Waals surface area contributed by atoms with Crippen molar-refractivity contribution >= 4 is 33.4 Å². The van der Waals surface area contributed by atoms with E-state index in [1.165, 1.54) is 0 Å². The molecule has 0 aromatic heterocycles. The van der Waals surface area contributed by atoms with Gasteiger partial charge in [0.05, 0.1) is 11.3 Å². The lowest BCUT2D eigenvalue weighted by Crippen LogP contribution is -2.27. The van der Waals surface area contributed by atoms with Gasteiger partial charge in [0.25, 0.3) is 11.8 Å². The summed E-state index contributed by atoms with van der Waals surface area (Å²) in [5.41, 5.74) is 2.92. The zero-order chi connectivity index (χ0) is 20.5. The van der Waals surface area contributed by atoms with Crippen molar-refractivity contribution in [3.8, 4) is 5.75 Å². The molecule has 0 radical (unpaired) electrons. The molecule has 0 saturated heterocycles. The normalized spacial score (nSPS) is 10.4. The minimum absolute atomic E-state index is 0.149. The number of amides is 2. The van der Waals surface area contributed by atoms with Crippen LogP contribution in [0.3, 0.4) is 0 Å². The Balaban J connectivity index is 1.96. The number of carbonyl (C=O) groups excluding carboxylic acids is 2. The Kier molecular flexibility index (Phi) is 8.47. The molecule has 6 nitrogen and oxygen atoms in total. The van der Waals surface area contributed by atoms with Gasteiger partial charge in [0, 0.05) is 24.7 Å². The Bertz CT molecular complexity index is 816. The SMILES string of the molecule is COCCCNC(=O)c1ccccc1NC(=O)COc1cc(C)c(Br)c(C)c1. The first-order valence-electron chi connectivity index (χ1n) is 8.98. The smallest absolute Gasteiger partial charge is 0.262 e. The van der Waals surface area contributed by atoms with Crippen LogP contribution in [0.2, 0.25) is 0 Å². The number of nitrogens with one attached hydrogen (secondary N) is 2. The topological polar surface area (TPSA) is 76.7 Å². The molecule has 28 heavy (non-hydrogen) atoms. The number of hydrogen-bond donors (Lipinski definition) is 2. The van der Waals surface area contributed by atoms with E-state index in [9.17, 15) is 9.59 Å². The van der Waals surface area contributed by atoms with Crippen molar-refractivity contribution < 1.29 is 19.1 Å². The predicted molar refractivity (Wildman–Crippen MR) is 113 cm³/mol. The molecule has 0 atom stereocenters. The molecule has 2 amide bonds. The summed E-state index contributed by atoms with van der Waals surface area (Å²) in [5.74, 6) is 0.0439. The van der Waals surface area contributed by atoms with Crippen LogP contribution >= 0.6 is 15.9 Å². The quantitative estimate of drug-likeness (QED) is 0.571. The van der Waals surface area contributed by atoms with Gasteiger partial charge in [-0.25, -0.2) is 0 Å². The molecule has 150 valence electrons. The van der Waals surface area contributed by atoms with Crippen LogP contribution in [0.5, 0.6) is 5.75 Å². The van der Waals surface area contributed by atoms with Crippen LogP contribution in [0.25, 0.3) is 0 Å². The average Bonchev–Trinajstić information content (AvgIpc) is 2.68. The van der Waals surface area contributed by atoms with Crippen LogP contribution < -0.4 is 15.4 Å². The van der Waals surface area contributed by atoms with E-state index in [0.717, 1.165) is 22.0 Å². The number of carbonyl (C=O) groups is 2. The highest BCUT2D eigenvalue weighted by atomic mass is 79.9. The van der Waals surface area contributed by atoms with E-state index in [1.807, 2.05) is 26.0 Å². The number of aryl methyl sites for hydroxylation is 2. The number of hydrogen-bond acceptors (Lipinski definition) is 4. The van der Waals surface area contributed by atoms with Crippen molar-refractivity contribution in [2.45, 2.75) is 20.3 Å². The molecule has 2 N–H and O–H groups in total. The maximum absolute atomic E-state index is 12.4. The van der Waals surface area contributed by atoms with E-state index in [-0.39, 0.29) is 18.4 Å². The number of ether oxygens (including phenoxy) is 2. The Morgan fingerprint density at radius 1 is 1.11 bits per heavy atom. The standard InChI is InChI=1S/C21H25BrN2O4/c1-14-11-16(12-15(2)20(14)22)28-13-19(25)24-18-8-5-4-7-17(18)21(26)23-9-6-10-27-3/h4-5,7-8,11-12H,6,9-10,13H2,1-3H3,(H,23,26)(H,24,25). The van der Waals surface area contributed by atoms with Crippen LogP contribution in [0.4, 0.5) is 5.69 Å². The highest BCUT2D eigenvalue weighted by molar-refractivity contribution is 9.10. The fourth-order valence-electron chi connectivity index (χ4n) is 2.63. The van der Waals surface area contributed by atoms with Gasteiger partial charge in [-0.1, -0.05) is 28.1 Å². The lowest BCUT2D eigenvalue weighted by molar-refractivity contribution is -0.118. The molecule has 7 heteroatoms. The molecular weight excluding hydrogens is 424 g/mol. The number of rotatable bonds is 9. The molecule has 0 aliphatic carbocycles. The summed E-state index contributed by atoms with van der Waals surface area (Å²) in [7, 11) is 1.62. The zero-order valence-corrected chi connectivity index (χ0v) is 17.9. The third-order valence-corrected chi connectivity index (χ3v) is 5.29.